The topological polar surface area (TPSA) is 60.2 Å². The molecule has 1 heterocycles. The highest BCUT2D eigenvalue weighted by Crippen LogP contribution is 2.65. The van der Waals surface area contributed by atoms with Gasteiger partial charge in [-0.25, -0.2) is 8.42 Å². The summed E-state index contributed by atoms with van der Waals surface area (Å²) < 4.78 is 23.4. The monoisotopic (exact) mass is 245 g/mol. The molecule has 2 rings (SSSR count). The van der Waals surface area contributed by atoms with Crippen LogP contribution in [0.2, 0.25) is 0 Å². The second-order valence-electron chi connectivity index (χ2n) is 6.51. The molecule has 3 unspecified atom stereocenters. The third kappa shape index (κ3) is 1.39. The van der Waals surface area contributed by atoms with Crippen molar-refractivity contribution in [1.29, 1.82) is 0 Å². The highest BCUT2D eigenvalue weighted by Gasteiger charge is 2.65. The van der Waals surface area contributed by atoms with E-state index < -0.39 is 14.6 Å². The standard InChI is InChI=1S/C12H23NO2S/c1-11(2)9(7-13)10(11)8-5-6-16(14,15)12(8,3)4/h8-10H,5-7,13H2,1-4H3. The van der Waals surface area contributed by atoms with Gasteiger partial charge in [-0.05, 0) is 50.0 Å². The van der Waals surface area contributed by atoms with Gasteiger partial charge in [-0.2, -0.15) is 0 Å². The van der Waals surface area contributed by atoms with Gasteiger partial charge in [0.05, 0.1) is 10.5 Å². The Bertz CT molecular complexity index is 397. The Morgan fingerprint density at radius 1 is 1.25 bits per heavy atom. The first kappa shape index (κ1) is 12.4. The van der Waals surface area contributed by atoms with Gasteiger partial charge in [0.1, 0.15) is 0 Å². The maximum Gasteiger partial charge on any atom is 0.155 e. The van der Waals surface area contributed by atoms with Gasteiger partial charge in [-0.1, -0.05) is 13.8 Å². The summed E-state index contributed by atoms with van der Waals surface area (Å²) in [5.41, 5.74) is 6.01. The van der Waals surface area contributed by atoms with Crippen LogP contribution in [0.15, 0.2) is 0 Å². The predicted octanol–water partition coefficient (Wildman–Crippen LogP) is 1.43. The van der Waals surface area contributed by atoms with E-state index in [1.54, 1.807) is 0 Å². The predicted molar refractivity (Wildman–Crippen MR) is 65.8 cm³/mol. The normalized spacial score (nSPS) is 43.2. The Labute approximate surface area is 98.7 Å². The van der Waals surface area contributed by atoms with Gasteiger partial charge in [-0.3, -0.25) is 0 Å². The van der Waals surface area contributed by atoms with Crippen LogP contribution in [0.25, 0.3) is 0 Å². The molecule has 1 aliphatic carbocycles. The third-order valence-corrected chi connectivity index (χ3v) is 7.90. The number of sulfone groups is 1. The quantitative estimate of drug-likeness (QED) is 0.800. The van der Waals surface area contributed by atoms with E-state index in [1.165, 1.54) is 0 Å². The molecule has 0 bridgehead atoms. The molecule has 0 aromatic heterocycles. The summed E-state index contributed by atoms with van der Waals surface area (Å²) in [5.74, 6) is 1.64. The molecule has 16 heavy (non-hydrogen) atoms. The molecule has 0 radical (unpaired) electrons. The first-order chi connectivity index (χ1) is 7.16. The van der Waals surface area contributed by atoms with E-state index in [0.29, 0.717) is 30.1 Å². The van der Waals surface area contributed by atoms with E-state index in [1.807, 2.05) is 13.8 Å². The van der Waals surface area contributed by atoms with Gasteiger partial charge in [0.25, 0.3) is 0 Å². The van der Waals surface area contributed by atoms with Crippen LogP contribution >= 0.6 is 0 Å². The van der Waals surface area contributed by atoms with E-state index in [2.05, 4.69) is 13.8 Å². The molecule has 2 N–H and O–H groups in total. The van der Waals surface area contributed by atoms with Gasteiger partial charge >= 0.3 is 0 Å². The molecule has 1 saturated heterocycles. The lowest BCUT2D eigenvalue weighted by molar-refractivity contribution is 0.328. The fourth-order valence-electron chi connectivity index (χ4n) is 3.77. The van der Waals surface area contributed by atoms with Crippen LogP contribution in [-0.2, 0) is 9.84 Å². The summed E-state index contributed by atoms with van der Waals surface area (Å²) in [7, 11) is -2.90. The average Bonchev–Trinajstić information content (AvgIpc) is 2.59. The molecular formula is C12H23NO2S. The van der Waals surface area contributed by atoms with E-state index in [-0.39, 0.29) is 5.41 Å². The van der Waals surface area contributed by atoms with Crippen molar-refractivity contribution in [1.82, 2.24) is 0 Å². The van der Waals surface area contributed by atoms with E-state index in [0.717, 1.165) is 6.42 Å². The van der Waals surface area contributed by atoms with E-state index >= 15 is 0 Å². The van der Waals surface area contributed by atoms with Crippen molar-refractivity contribution >= 4 is 9.84 Å². The maximum absolute atomic E-state index is 12.0. The number of nitrogens with two attached hydrogens (primary N) is 1. The molecule has 4 heteroatoms. The first-order valence-electron chi connectivity index (χ1n) is 6.08. The largest absolute Gasteiger partial charge is 0.330 e. The molecule has 1 aliphatic heterocycles. The Kier molecular flexibility index (Phi) is 2.49. The molecule has 0 aromatic rings. The fraction of sp³-hybridized carbons (Fsp3) is 1.00. The van der Waals surface area contributed by atoms with Gasteiger partial charge in [0, 0.05) is 0 Å². The molecule has 2 fully saturated rings. The first-order valence-corrected chi connectivity index (χ1v) is 7.74. The Morgan fingerprint density at radius 3 is 2.12 bits per heavy atom. The zero-order valence-electron chi connectivity index (χ0n) is 10.7. The summed E-state index contributed by atoms with van der Waals surface area (Å²) in [6, 6.07) is 0. The van der Waals surface area contributed by atoms with Crippen LogP contribution < -0.4 is 5.73 Å². The molecule has 0 aromatic carbocycles. The van der Waals surface area contributed by atoms with Crippen LogP contribution in [-0.4, -0.2) is 25.5 Å². The van der Waals surface area contributed by atoms with Crippen molar-refractivity contribution < 1.29 is 8.42 Å². The summed E-state index contributed by atoms with van der Waals surface area (Å²) in [6.07, 6.45) is 0.819. The van der Waals surface area contributed by atoms with E-state index in [9.17, 15) is 8.42 Å². The molecule has 3 nitrogen and oxygen atoms in total. The fourth-order valence-corrected chi connectivity index (χ4v) is 5.59. The lowest BCUT2D eigenvalue weighted by Crippen LogP contribution is -2.35. The molecule has 0 amide bonds. The van der Waals surface area contributed by atoms with Crippen molar-refractivity contribution in [3.63, 3.8) is 0 Å². The van der Waals surface area contributed by atoms with Crippen molar-refractivity contribution in [2.75, 3.05) is 12.3 Å². The van der Waals surface area contributed by atoms with Crippen LogP contribution in [0, 0.1) is 23.2 Å². The Hall–Kier alpha value is -0.0900. The van der Waals surface area contributed by atoms with Gasteiger partial charge < -0.3 is 5.73 Å². The lowest BCUT2D eigenvalue weighted by atomic mass is 9.85. The van der Waals surface area contributed by atoms with Crippen LogP contribution in [0.4, 0.5) is 0 Å². The highest BCUT2D eigenvalue weighted by atomic mass is 32.2. The lowest BCUT2D eigenvalue weighted by Gasteiger charge is -2.27. The minimum atomic E-state index is -2.90. The van der Waals surface area contributed by atoms with Crippen molar-refractivity contribution in [2.24, 2.45) is 28.9 Å². The SMILES string of the molecule is CC1(C)C(CN)C1C1CCS(=O)(=O)C1(C)C. The second-order valence-corrected chi connectivity index (χ2v) is 9.20. The van der Waals surface area contributed by atoms with Crippen LogP contribution in [0.3, 0.4) is 0 Å². The zero-order chi connectivity index (χ0) is 12.4. The molecule has 1 saturated carbocycles. The summed E-state index contributed by atoms with van der Waals surface area (Å²) in [5, 5.41) is 0. The van der Waals surface area contributed by atoms with Crippen molar-refractivity contribution in [2.45, 2.75) is 38.9 Å². The molecule has 94 valence electrons. The minimum Gasteiger partial charge on any atom is -0.330 e. The Morgan fingerprint density at radius 2 is 1.81 bits per heavy atom. The second kappa shape index (κ2) is 3.22. The molecular weight excluding hydrogens is 222 g/mol. The third-order valence-electron chi connectivity index (χ3n) is 5.22. The smallest absolute Gasteiger partial charge is 0.155 e. The highest BCUT2D eigenvalue weighted by molar-refractivity contribution is 7.93. The minimum absolute atomic E-state index is 0.233. The van der Waals surface area contributed by atoms with Crippen LogP contribution in [0.5, 0.6) is 0 Å². The molecule has 0 spiro atoms. The number of hydrogen-bond acceptors (Lipinski definition) is 3. The molecule has 2 aliphatic rings. The number of hydrogen-bond donors (Lipinski definition) is 1. The summed E-state index contributed by atoms with van der Waals surface area (Å²) in [4.78, 5) is 0. The Balaban J connectivity index is 2.27. The molecule has 3 atom stereocenters. The van der Waals surface area contributed by atoms with Crippen LogP contribution in [0.1, 0.15) is 34.1 Å². The van der Waals surface area contributed by atoms with Gasteiger partial charge in [0.15, 0.2) is 9.84 Å². The van der Waals surface area contributed by atoms with Crippen molar-refractivity contribution in [3.05, 3.63) is 0 Å². The van der Waals surface area contributed by atoms with Gasteiger partial charge in [-0.15, -0.1) is 0 Å². The van der Waals surface area contributed by atoms with Gasteiger partial charge in [0.2, 0.25) is 0 Å². The summed E-state index contributed by atoms with van der Waals surface area (Å²) >= 11 is 0. The average molecular weight is 245 g/mol. The van der Waals surface area contributed by atoms with Crippen molar-refractivity contribution in [3.8, 4) is 0 Å². The van der Waals surface area contributed by atoms with E-state index in [4.69, 9.17) is 5.73 Å². The maximum atomic E-state index is 12.0. The number of rotatable bonds is 2. The summed E-state index contributed by atoms with van der Waals surface area (Å²) in [6.45, 7) is 8.90. The zero-order valence-corrected chi connectivity index (χ0v) is 11.5.